The van der Waals surface area contributed by atoms with Gasteiger partial charge in [-0.1, -0.05) is 37.3 Å². The molecule has 0 aliphatic carbocycles. The number of nitrogens with two attached hydrogens (primary N) is 1. The molecule has 0 aliphatic heterocycles. The van der Waals surface area contributed by atoms with E-state index in [4.69, 9.17) is 5.73 Å². The SMILES string of the molecule is Cc1nc(N)sc1C(C)c1ccccc1. The van der Waals surface area contributed by atoms with E-state index < -0.39 is 0 Å². The molecule has 0 bridgehead atoms. The molecule has 0 radical (unpaired) electrons. The molecule has 0 saturated carbocycles. The van der Waals surface area contributed by atoms with Crippen molar-refractivity contribution >= 4 is 16.5 Å². The molecule has 3 heteroatoms. The van der Waals surface area contributed by atoms with Crippen LogP contribution in [0.4, 0.5) is 5.13 Å². The Morgan fingerprint density at radius 2 is 1.93 bits per heavy atom. The summed E-state index contributed by atoms with van der Waals surface area (Å²) in [6.07, 6.45) is 0. The zero-order valence-electron chi connectivity index (χ0n) is 8.90. The van der Waals surface area contributed by atoms with Gasteiger partial charge in [0.1, 0.15) is 0 Å². The predicted molar refractivity (Wildman–Crippen MR) is 65.2 cm³/mol. The topological polar surface area (TPSA) is 38.9 Å². The summed E-state index contributed by atoms with van der Waals surface area (Å²) in [7, 11) is 0. The molecule has 2 aromatic rings. The van der Waals surface area contributed by atoms with E-state index in [-0.39, 0.29) is 0 Å². The largest absolute Gasteiger partial charge is 0.375 e. The van der Waals surface area contributed by atoms with E-state index in [9.17, 15) is 0 Å². The normalized spacial score (nSPS) is 12.7. The highest BCUT2D eigenvalue weighted by molar-refractivity contribution is 7.15. The second kappa shape index (κ2) is 4.03. The molecule has 0 amide bonds. The Hall–Kier alpha value is -1.35. The lowest BCUT2D eigenvalue weighted by Crippen LogP contribution is -1.94. The van der Waals surface area contributed by atoms with Crippen molar-refractivity contribution in [1.29, 1.82) is 0 Å². The first-order valence-electron chi connectivity index (χ1n) is 4.96. The molecule has 1 atom stereocenters. The standard InChI is InChI=1S/C12H14N2S/c1-8(10-6-4-3-5-7-10)11-9(2)14-12(13)15-11/h3-8H,1-2H3,(H2,13,14). The summed E-state index contributed by atoms with van der Waals surface area (Å²) in [4.78, 5) is 5.52. The molecule has 2 rings (SSSR count). The summed E-state index contributed by atoms with van der Waals surface area (Å²) < 4.78 is 0. The second-order valence-electron chi connectivity index (χ2n) is 3.63. The van der Waals surface area contributed by atoms with Crippen molar-refractivity contribution in [3.8, 4) is 0 Å². The lowest BCUT2D eigenvalue weighted by atomic mass is 9.99. The second-order valence-corrected chi connectivity index (χ2v) is 4.70. The third kappa shape index (κ3) is 2.02. The molecular formula is C12H14N2S. The van der Waals surface area contributed by atoms with Gasteiger partial charge in [0.15, 0.2) is 5.13 Å². The Bertz CT molecular complexity index is 448. The van der Waals surface area contributed by atoms with E-state index in [1.807, 2.05) is 13.0 Å². The average Bonchev–Trinajstić information content (AvgIpc) is 2.58. The van der Waals surface area contributed by atoms with Crippen LogP contribution < -0.4 is 5.73 Å². The van der Waals surface area contributed by atoms with Crippen molar-refractivity contribution in [2.45, 2.75) is 19.8 Å². The van der Waals surface area contributed by atoms with E-state index in [1.54, 1.807) is 11.3 Å². The van der Waals surface area contributed by atoms with Crippen LogP contribution in [-0.4, -0.2) is 4.98 Å². The fraction of sp³-hybridized carbons (Fsp3) is 0.250. The maximum absolute atomic E-state index is 5.70. The van der Waals surface area contributed by atoms with Gasteiger partial charge in [-0.3, -0.25) is 0 Å². The minimum Gasteiger partial charge on any atom is -0.375 e. The molecule has 2 nitrogen and oxygen atoms in total. The monoisotopic (exact) mass is 218 g/mol. The van der Waals surface area contributed by atoms with E-state index >= 15 is 0 Å². The van der Waals surface area contributed by atoms with Crippen LogP contribution in [0.15, 0.2) is 30.3 Å². The Balaban J connectivity index is 2.36. The van der Waals surface area contributed by atoms with Gasteiger partial charge >= 0.3 is 0 Å². The molecular weight excluding hydrogens is 204 g/mol. The zero-order chi connectivity index (χ0) is 10.8. The molecule has 0 saturated heterocycles. The van der Waals surface area contributed by atoms with Crippen molar-refractivity contribution in [2.24, 2.45) is 0 Å². The Morgan fingerprint density at radius 1 is 1.27 bits per heavy atom. The summed E-state index contributed by atoms with van der Waals surface area (Å²) in [5, 5.41) is 0.658. The minimum atomic E-state index is 0.376. The molecule has 1 unspecified atom stereocenters. The zero-order valence-corrected chi connectivity index (χ0v) is 9.71. The van der Waals surface area contributed by atoms with E-state index in [2.05, 4.69) is 36.2 Å². The van der Waals surface area contributed by atoms with Crippen LogP contribution in [-0.2, 0) is 0 Å². The molecule has 1 aromatic carbocycles. The summed E-state index contributed by atoms with van der Waals surface area (Å²) in [6, 6.07) is 10.4. The van der Waals surface area contributed by atoms with Crippen molar-refractivity contribution in [1.82, 2.24) is 4.98 Å². The number of nitrogens with zero attached hydrogens (tertiary/aromatic N) is 1. The molecule has 0 spiro atoms. The fourth-order valence-corrected chi connectivity index (χ4v) is 2.64. The molecule has 15 heavy (non-hydrogen) atoms. The first-order valence-corrected chi connectivity index (χ1v) is 5.78. The average molecular weight is 218 g/mol. The van der Waals surface area contributed by atoms with Crippen LogP contribution in [0.1, 0.15) is 29.0 Å². The Labute approximate surface area is 93.8 Å². The van der Waals surface area contributed by atoms with E-state index in [1.165, 1.54) is 10.4 Å². The molecule has 2 N–H and O–H groups in total. The van der Waals surface area contributed by atoms with Gasteiger partial charge in [0.2, 0.25) is 0 Å². The third-order valence-electron chi connectivity index (χ3n) is 2.54. The number of benzene rings is 1. The number of thiazole rings is 1. The quantitative estimate of drug-likeness (QED) is 0.840. The molecule has 78 valence electrons. The lowest BCUT2D eigenvalue weighted by molar-refractivity contribution is 0.927. The highest BCUT2D eigenvalue weighted by Crippen LogP contribution is 2.32. The third-order valence-corrected chi connectivity index (χ3v) is 3.71. The lowest BCUT2D eigenvalue weighted by Gasteiger charge is -2.09. The number of hydrogen-bond acceptors (Lipinski definition) is 3. The first-order chi connectivity index (χ1) is 7.18. The predicted octanol–water partition coefficient (Wildman–Crippen LogP) is 3.19. The maximum atomic E-state index is 5.70. The van der Waals surface area contributed by atoms with Crippen LogP contribution in [0.3, 0.4) is 0 Å². The molecule has 1 aromatic heterocycles. The van der Waals surface area contributed by atoms with Crippen molar-refractivity contribution in [3.05, 3.63) is 46.5 Å². The van der Waals surface area contributed by atoms with Crippen molar-refractivity contribution < 1.29 is 0 Å². The summed E-state index contributed by atoms with van der Waals surface area (Å²) in [5.41, 5.74) is 8.06. The highest BCUT2D eigenvalue weighted by Gasteiger charge is 2.14. The number of rotatable bonds is 2. The van der Waals surface area contributed by atoms with Gasteiger partial charge < -0.3 is 5.73 Å². The Kier molecular flexibility index (Phi) is 2.73. The summed E-state index contributed by atoms with van der Waals surface area (Å²) in [5.74, 6) is 0.376. The van der Waals surface area contributed by atoms with Crippen LogP contribution in [0, 0.1) is 6.92 Å². The number of aryl methyl sites for hydroxylation is 1. The van der Waals surface area contributed by atoms with Crippen LogP contribution in [0.5, 0.6) is 0 Å². The van der Waals surface area contributed by atoms with Crippen molar-refractivity contribution in [2.75, 3.05) is 5.73 Å². The van der Waals surface area contributed by atoms with Gasteiger partial charge in [-0.25, -0.2) is 4.98 Å². The number of aromatic nitrogens is 1. The van der Waals surface area contributed by atoms with Crippen LogP contribution in [0.2, 0.25) is 0 Å². The fourth-order valence-electron chi connectivity index (χ4n) is 1.72. The molecule has 1 heterocycles. The van der Waals surface area contributed by atoms with Gasteiger partial charge in [0, 0.05) is 10.8 Å². The Morgan fingerprint density at radius 3 is 2.47 bits per heavy atom. The van der Waals surface area contributed by atoms with Gasteiger partial charge in [-0.05, 0) is 12.5 Å². The van der Waals surface area contributed by atoms with Gasteiger partial charge in [-0.15, -0.1) is 11.3 Å². The number of anilines is 1. The summed E-state index contributed by atoms with van der Waals surface area (Å²) >= 11 is 1.58. The maximum Gasteiger partial charge on any atom is 0.180 e. The summed E-state index contributed by atoms with van der Waals surface area (Å²) in [6.45, 7) is 4.21. The highest BCUT2D eigenvalue weighted by atomic mass is 32.1. The van der Waals surface area contributed by atoms with Gasteiger partial charge in [0.05, 0.1) is 5.69 Å². The van der Waals surface area contributed by atoms with Crippen molar-refractivity contribution in [3.63, 3.8) is 0 Å². The smallest absolute Gasteiger partial charge is 0.180 e. The minimum absolute atomic E-state index is 0.376. The van der Waals surface area contributed by atoms with E-state index in [0.29, 0.717) is 11.0 Å². The van der Waals surface area contributed by atoms with Gasteiger partial charge in [-0.2, -0.15) is 0 Å². The molecule has 0 fully saturated rings. The van der Waals surface area contributed by atoms with Crippen LogP contribution >= 0.6 is 11.3 Å². The first kappa shape index (κ1) is 10.2. The van der Waals surface area contributed by atoms with E-state index in [0.717, 1.165) is 5.69 Å². The van der Waals surface area contributed by atoms with Crippen LogP contribution in [0.25, 0.3) is 0 Å². The number of nitrogen functional groups attached to an aromatic ring is 1. The van der Waals surface area contributed by atoms with Gasteiger partial charge in [0.25, 0.3) is 0 Å². The molecule has 0 aliphatic rings. The number of hydrogen-bond donors (Lipinski definition) is 1.